The number of anilines is 3. The van der Waals surface area contributed by atoms with Crippen molar-refractivity contribution in [3.8, 4) is 0 Å². The molecule has 8 heteroatoms. The van der Waals surface area contributed by atoms with Crippen molar-refractivity contribution in [2.24, 2.45) is 0 Å². The Morgan fingerprint density at radius 2 is 1.96 bits per heavy atom. The van der Waals surface area contributed by atoms with E-state index in [0.29, 0.717) is 29.1 Å². The Bertz CT molecular complexity index is 1160. The number of thiazole rings is 1. The molecule has 0 atom stereocenters. The van der Waals surface area contributed by atoms with Gasteiger partial charge < -0.3 is 9.88 Å². The number of hydrogen-bond acceptors (Lipinski definition) is 6. The predicted molar refractivity (Wildman–Crippen MR) is 106 cm³/mol. The van der Waals surface area contributed by atoms with Crippen LogP contribution in [0.1, 0.15) is 16.2 Å². The van der Waals surface area contributed by atoms with Crippen LogP contribution in [0.4, 0.5) is 16.9 Å². The molecule has 7 nitrogen and oxygen atoms in total. The molecule has 0 aliphatic carbocycles. The van der Waals surface area contributed by atoms with Crippen molar-refractivity contribution >= 4 is 45.2 Å². The van der Waals surface area contributed by atoms with Crippen LogP contribution < -0.4 is 10.2 Å². The molecule has 134 valence electrons. The molecule has 1 aliphatic rings. The van der Waals surface area contributed by atoms with Gasteiger partial charge in [0.1, 0.15) is 11.5 Å². The largest absolute Gasteiger partial charge is 0.316 e. The highest BCUT2D eigenvalue weighted by molar-refractivity contribution is 7.14. The van der Waals surface area contributed by atoms with Crippen molar-refractivity contribution < 1.29 is 4.79 Å². The van der Waals surface area contributed by atoms with Gasteiger partial charge in [-0.2, -0.15) is 0 Å². The van der Waals surface area contributed by atoms with E-state index in [9.17, 15) is 4.79 Å². The van der Waals surface area contributed by atoms with Crippen LogP contribution in [-0.4, -0.2) is 32.0 Å². The molecular formula is C19H16N6OS. The zero-order valence-electron chi connectivity index (χ0n) is 14.6. The minimum Gasteiger partial charge on any atom is -0.316 e. The number of benzene rings is 1. The number of pyridine rings is 1. The van der Waals surface area contributed by atoms with E-state index in [1.807, 2.05) is 49.4 Å². The monoisotopic (exact) mass is 376 g/mol. The molecule has 0 fully saturated rings. The lowest BCUT2D eigenvalue weighted by molar-refractivity contribution is 0.0984. The lowest BCUT2D eigenvalue weighted by Crippen LogP contribution is -2.29. The van der Waals surface area contributed by atoms with Gasteiger partial charge in [0.15, 0.2) is 5.13 Å². The molecule has 1 aromatic carbocycles. The fourth-order valence-electron chi connectivity index (χ4n) is 3.27. The highest BCUT2D eigenvalue weighted by Gasteiger charge is 2.30. The number of imidazole rings is 1. The molecular weight excluding hydrogens is 360 g/mol. The van der Waals surface area contributed by atoms with Crippen molar-refractivity contribution in [1.29, 1.82) is 0 Å². The molecule has 1 amide bonds. The molecule has 0 bridgehead atoms. The molecule has 0 unspecified atom stereocenters. The maximum absolute atomic E-state index is 13.0. The van der Waals surface area contributed by atoms with Gasteiger partial charge >= 0.3 is 0 Å². The number of amides is 1. The van der Waals surface area contributed by atoms with Crippen molar-refractivity contribution in [2.75, 3.05) is 16.8 Å². The second-order valence-electron chi connectivity index (χ2n) is 6.34. The number of carbonyl (C=O) groups is 1. The average Bonchev–Trinajstić information content (AvgIpc) is 3.36. The molecule has 4 aromatic rings. The average molecular weight is 376 g/mol. The molecule has 27 heavy (non-hydrogen) atoms. The Morgan fingerprint density at radius 1 is 1.07 bits per heavy atom. The summed E-state index contributed by atoms with van der Waals surface area (Å²) in [5, 5.41) is 5.57. The second kappa shape index (κ2) is 6.17. The summed E-state index contributed by atoms with van der Waals surface area (Å²) in [6, 6.07) is 13.7. The maximum atomic E-state index is 13.0. The Labute approximate surface area is 159 Å². The first-order chi connectivity index (χ1) is 13.2. The van der Waals surface area contributed by atoms with E-state index < -0.39 is 0 Å². The van der Waals surface area contributed by atoms with Crippen molar-refractivity contribution in [2.45, 2.75) is 13.5 Å². The number of nitrogens with one attached hydrogen (secondary N) is 1. The van der Waals surface area contributed by atoms with Gasteiger partial charge in [-0.3, -0.25) is 9.69 Å². The lowest BCUT2D eigenvalue weighted by Gasteiger charge is -2.11. The maximum Gasteiger partial charge on any atom is 0.280 e. The Balaban J connectivity index is 1.41. The number of aryl methyl sites for hydroxylation is 1. The van der Waals surface area contributed by atoms with Gasteiger partial charge in [0.25, 0.3) is 5.91 Å². The van der Waals surface area contributed by atoms with E-state index in [2.05, 4.69) is 24.8 Å². The standard InChI is InChI=1S/C19H16N6OS/c1-12-5-4-8-16(20-12)23-18-21-14(11-27-18)17(26)25-10-9-24-15-7-3-2-6-13(15)22-19(24)25/h2-8,11H,9-10H2,1H3,(H,20,21,23). The molecule has 5 rings (SSSR count). The molecule has 0 spiro atoms. The van der Waals surface area contributed by atoms with Crippen molar-refractivity contribution in [1.82, 2.24) is 19.5 Å². The molecule has 0 saturated heterocycles. The topological polar surface area (TPSA) is 75.9 Å². The molecule has 1 aliphatic heterocycles. The summed E-state index contributed by atoms with van der Waals surface area (Å²) < 4.78 is 2.08. The Morgan fingerprint density at radius 3 is 2.85 bits per heavy atom. The number of aromatic nitrogens is 4. The summed E-state index contributed by atoms with van der Waals surface area (Å²) in [6.07, 6.45) is 0. The Kier molecular flexibility index (Phi) is 3.64. The first kappa shape index (κ1) is 16.0. The lowest BCUT2D eigenvalue weighted by atomic mass is 10.3. The van der Waals surface area contributed by atoms with E-state index in [1.165, 1.54) is 11.3 Å². The SMILES string of the molecule is Cc1cccc(Nc2nc(C(=O)N3CCn4c3nc3ccccc34)cs2)n1. The van der Waals surface area contributed by atoms with Gasteiger partial charge in [-0.15, -0.1) is 11.3 Å². The van der Waals surface area contributed by atoms with E-state index >= 15 is 0 Å². The number of rotatable bonds is 3. The number of carbonyl (C=O) groups excluding carboxylic acids is 1. The van der Waals surface area contributed by atoms with Crippen molar-refractivity contribution in [3.63, 3.8) is 0 Å². The number of hydrogen-bond donors (Lipinski definition) is 1. The summed E-state index contributed by atoms with van der Waals surface area (Å²) in [7, 11) is 0. The first-order valence-corrected chi connectivity index (χ1v) is 9.50. The zero-order valence-corrected chi connectivity index (χ0v) is 15.4. The van der Waals surface area contributed by atoms with Gasteiger partial charge in [-0.05, 0) is 31.2 Å². The third-order valence-corrected chi connectivity index (χ3v) is 5.27. The fourth-order valence-corrected chi connectivity index (χ4v) is 3.96. The van der Waals surface area contributed by atoms with Gasteiger partial charge in [-0.25, -0.2) is 15.0 Å². The highest BCUT2D eigenvalue weighted by atomic mass is 32.1. The van der Waals surface area contributed by atoms with Crippen LogP contribution in [0.5, 0.6) is 0 Å². The summed E-state index contributed by atoms with van der Waals surface area (Å²) in [6.45, 7) is 3.28. The zero-order chi connectivity index (χ0) is 18.4. The van der Waals surface area contributed by atoms with E-state index in [0.717, 1.165) is 23.3 Å². The summed E-state index contributed by atoms with van der Waals surface area (Å²) in [5.41, 5.74) is 3.28. The molecule has 4 heterocycles. The summed E-state index contributed by atoms with van der Waals surface area (Å²) >= 11 is 1.39. The minimum absolute atomic E-state index is 0.134. The molecule has 0 saturated carbocycles. The first-order valence-electron chi connectivity index (χ1n) is 8.62. The van der Waals surface area contributed by atoms with E-state index in [1.54, 1.807) is 10.3 Å². The van der Waals surface area contributed by atoms with Gasteiger partial charge in [0.05, 0.1) is 11.0 Å². The third kappa shape index (κ3) is 2.74. The summed E-state index contributed by atoms with van der Waals surface area (Å²) in [4.78, 5) is 28.1. The minimum atomic E-state index is -0.134. The smallest absolute Gasteiger partial charge is 0.280 e. The van der Waals surface area contributed by atoms with Gasteiger partial charge in [0, 0.05) is 24.2 Å². The molecule has 3 aromatic heterocycles. The summed E-state index contributed by atoms with van der Waals surface area (Å²) in [5.74, 6) is 1.26. The van der Waals surface area contributed by atoms with Crippen molar-refractivity contribution in [3.05, 3.63) is 59.2 Å². The van der Waals surface area contributed by atoms with Crippen LogP contribution in [-0.2, 0) is 6.54 Å². The normalized spacial score (nSPS) is 13.1. The number of nitrogens with zero attached hydrogens (tertiary/aromatic N) is 5. The van der Waals surface area contributed by atoms with Crippen LogP contribution in [0.15, 0.2) is 47.8 Å². The Hall–Kier alpha value is -3.26. The quantitative estimate of drug-likeness (QED) is 0.591. The second-order valence-corrected chi connectivity index (χ2v) is 7.19. The van der Waals surface area contributed by atoms with Crippen LogP contribution in [0.3, 0.4) is 0 Å². The number of fused-ring (bicyclic) bond motifs is 3. The van der Waals surface area contributed by atoms with E-state index in [-0.39, 0.29) is 5.91 Å². The van der Waals surface area contributed by atoms with E-state index in [4.69, 9.17) is 0 Å². The van der Waals surface area contributed by atoms with Crippen LogP contribution in [0.2, 0.25) is 0 Å². The van der Waals surface area contributed by atoms with Crippen LogP contribution in [0.25, 0.3) is 11.0 Å². The predicted octanol–water partition coefficient (Wildman–Crippen LogP) is 3.60. The van der Waals surface area contributed by atoms with Gasteiger partial charge in [0.2, 0.25) is 5.95 Å². The van der Waals surface area contributed by atoms with Crippen LogP contribution in [0, 0.1) is 6.92 Å². The van der Waals surface area contributed by atoms with Crippen LogP contribution >= 0.6 is 11.3 Å². The molecule has 1 N–H and O–H groups in total. The third-order valence-electron chi connectivity index (χ3n) is 4.51. The fraction of sp³-hybridized carbons (Fsp3) is 0.158. The number of para-hydroxylation sites is 2. The highest BCUT2D eigenvalue weighted by Crippen LogP contribution is 2.29. The molecule has 0 radical (unpaired) electrons. The van der Waals surface area contributed by atoms with Gasteiger partial charge in [-0.1, -0.05) is 18.2 Å².